The van der Waals surface area contributed by atoms with E-state index in [0.717, 1.165) is 16.7 Å². The number of benzene rings is 2. The molecule has 0 radical (unpaired) electrons. The molecule has 210 valence electrons. The molecule has 1 unspecified atom stereocenters. The molecule has 0 aliphatic carbocycles. The van der Waals surface area contributed by atoms with Crippen molar-refractivity contribution < 1.29 is 18.3 Å². The van der Waals surface area contributed by atoms with Crippen LogP contribution in [0, 0.1) is 4.78 Å². The summed E-state index contributed by atoms with van der Waals surface area (Å²) in [7, 11) is -1.19. The van der Waals surface area contributed by atoms with Gasteiger partial charge in [0.25, 0.3) is 0 Å². The molecule has 2 aromatic carbocycles. The van der Waals surface area contributed by atoms with Gasteiger partial charge in [0.2, 0.25) is 0 Å². The Morgan fingerprint density at radius 1 is 1.07 bits per heavy atom. The lowest BCUT2D eigenvalue weighted by Gasteiger charge is -2.24. The number of amides is 1. The van der Waals surface area contributed by atoms with Gasteiger partial charge in [-0.15, -0.1) is 0 Å². The smallest absolute Gasteiger partial charge is 0.410 e. The number of aromatic nitrogens is 3. The lowest BCUT2D eigenvalue weighted by atomic mass is 10.1. The Kier molecular flexibility index (Phi) is 7.97. The van der Waals surface area contributed by atoms with Gasteiger partial charge in [-0.2, -0.15) is 0 Å². The van der Waals surface area contributed by atoms with Gasteiger partial charge in [-0.05, 0) is 52.3 Å². The van der Waals surface area contributed by atoms with Gasteiger partial charge in [-0.3, -0.25) is 0 Å². The van der Waals surface area contributed by atoms with E-state index in [2.05, 4.69) is 15.1 Å². The molecule has 1 amide bonds. The summed E-state index contributed by atoms with van der Waals surface area (Å²) in [4.78, 5) is 23.2. The van der Waals surface area contributed by atoms with Crippen LogP contribution >= 0.6 is 0 Å². The number of ether oxygens (including phenoxy) is 1. The van der Waals surface area contributed by atoms with Crippen LogP contribution in [0.4, 0.5) is 10.6 Å². The molecule has 11 heteroatoms. The summed E-state index contributed by atoms with van der Waals surface area (Å²) in [5, 5.41) is 3.89. The van der Waals surface area contributed by atoms with E-state index < -0.39 is 15.3 Å². The SMILES string of the molecule is CC(C)S(=N)(=O)c1ccc(-c2cnc(N)c(-c3cc(-c4ccc(CN(C)C(=O)OC(C)(C)C)cc4)no3)n2)cc1. The first-order chi connectivity index (χ1) is 18.7. The lowest BCUT2D eigenvalue weighted by Crippen LogP contribution is -2.33. The van der Waals surface area contributed by atoms with Crippen LogP contribution in [0.1, 0.15) is 40.2 Å². The van der Waals surface area contributed by atoms with Crippen LogP contribution in [0.3, 0.4) is 0 Å². The molecule has 2 heterocycles. The van der Waals surface area contributed by atoms with Gasteiger partial charge in [-0.25, -0.2) is 23.8 Å². The van der Waals surface area contributed by atoms with Crippen LogP contribution in [0.5, 0.6) is 0 Å². The molecule has 0 bridgehead atoms. The first-order valence-electron chi connectivity index (χ1n) is 12.8. The van der Waals surface area contributed by atoms with Crippen LogP contribution in [0.25, 0.3) is 34.0 Å². The average molecular weight is 563 g/mol. The van der Waals surface area contributed by atoms with E-state index in [0.29, 0.717) is 34.3 Å². The van der Waals surface area contributed by atoms with Gasteiger partial charge < -0.3 is 19.9 Å². The Bertz CT molecular complexity index is 1610. The average Bonchev–Trinajstić information content (AvgIpc) is 3.38. The maximum absolute atomic E-state index is 12.7. The Morgan fingerprint density at radius 2 is 1.68 bits per heavy atom. The van der Waals surface area contributed by atoms with E-state index in [1.54, 1.807) is 57.4 Å². The second-order valence-electron chi connectivity index (χ2n) is 10.8. The second-order valence-corrected chi connectivity index (χ2v) is 13.4. The summed E-state index contributed by atoms with van der Waals surface area (Å²) < 4.78 is 31.8. The minimum absolute atomic E-state index is 0.192. The summed E-state index contributed by atoms with van der Waals surface area (Å²) in [5.74, 6) is 0.554. The third kappa shape index (κ3) is 6.48. The van der Waals surface area contributed by atoms with Gasteiger partial charge in [-0.1, -0.05) is 41.6 Å². The molecule has 0 spiro atoms. The highest BCUT2D eigenvalue weighted by atomic mass is 32.2. The second kappa shape index (κ2) is 11.1. The Morgan fingerprint density at radius 3 is 2.27 bits per heavy atom. The fourth-order valence-corrected chi connectivity index (χ4v) is 4.89. The van der Waals surface area contributed by atoms with Crippen molar-refractivity contribution in [2.45, 2.75) is 56.9 Å². The number of nitrogen functional groups attached to an aromatic ring is 1. The Hall–Kier alpha value is -4.25. The third-order valence-corrected chi connectivity index (χ3v) is 8.38. The Labute approximate surface area is 234 Å². The van der Waals surface area contributed by atoms with Crippen LogP contribution in [-0.2, 0) is 21.0 Å². The molecule has 4 rings (SSSR count). The van der Waals surface area contributed by atoms with Crippen molar-refractivity contribution in [1.29, 1.82) is 4.78 Å². The molecule has 1 atom stereocenters. The molecular weight excluding hydrogens is 528 g/mol. The highest BCUT2D eigenvalue weighted by Gasteiger charge is 2.20. The molecule has 0 fully saturated rings. The summed E-state index contributed by atoms with van der Waals surface area (Å²) in [6.45, 7) is 9.44. The van der Waals surface area contributed by atoms with E-state index in [1.165, 1.54) is 4.90 Å². The minimum Gasteiger partial charge on any atom is -0.444 e. The number of rotatable bonds is 7. The summed E-state index contributed by atoms with van der Waals surface area (Å²) in [5.41, 5.74) is 9.55. The molecule has 4 aromatic rings. The molecule has 0 aliphatic rings. The molecule has 3 N–H and O–H groups in total. The predicted octanol–water partition coefficient (Wildman–Crippen LogP) is 6.23. The van der Waals surface area contributed by atoms with Crippen LogP contribution in [-0.4, -0.2) is 48.2 Å². The number of hydrogen-bond acceptors (Lipinski definition) is 9. The number of carbonyl (C=O) groups excluding carboxylic acids is 1. The number of nitrogens with two attached hydrogens (primary N) is 1. The first-order valence-corrected chi connectivity index (χ1v) is 14.4. The summed E-state index contributed by atoms with van der Waals surface area (Å²) in [6.07, 6.45) is 1.17. The van der Waals surface area contributed by atoms with E-state index in [1.807, 2.05) is 45.0 Å². The Balaban J connectivity index is 1.52. The molecule has 2 aromatic heterocycles. The van der Waals surface area contributed by atoms with Crippen LogP contribution in [0.15, 0.2) is 70.2 Å². The van der Waals surface area contributed by atoms with Crippen molar-refractivity contribution in [3.8, 4) is 34.0 Å². The topological polar surface area (TPSA) is 148 Å². The third-order valence-electron chi connectivity index (χ3n) is 6.08. The molecule has 40 heavy (non-hydrogen) atoms. The van der Waals surface area contributed by atoms with Gasteiger partial charge in [0.1, 0.15) is 11.3 Å². The number of carbonyl (C=O) groups is 1. The van der Waals surface area contributed by atoms with Crippen molar-refractivity contribution in [3.05, 3.63) is 66.4 Å². The fourth-order valence-electron chi connectivity index (χ4n) is 3.80. The van der Waals surface area contributed by atoms with Crippen LogP contribution in [0.2, 0.25) is 0 Å². The predicted molar refractivity (Wildman–Crippen MR) is 155 cm³/mol. The molecule has 10 nitrogen and oxygen atoms in total. The number of hydrogen-bond donors (Lipinski definition) is 2. The molecular formula is C29H34N6O4S. The van der Waals surface area contributed by atoms with Crippen molar-refractivity contribution in [3.63, 3.8) is 0 Å². The van der Waals surface area contributed by atoms with E-state index in [4.69, 9.17) is 19.8 Å². The number of nitrogens with one attached hydrogen (secondary N) is 1. The van der Waals surface area contributed by atoms with Crippen molar-refractivity contribution in [1.82, 2.24) is 20.0 Å². The standard InChI is InChI=1S/C29H34N6O4S/c1-18(2)40(31,37)22-13-11-21(12-14-22)24-16-32-27(30)26(33-24)25-15-23(34-39-25)20-9-7-19(8-10-20)17-35(6)28(36)38-29(3,4)5/h7-16,18,31H,17H2,1-6H3,(H2,30,32). The van der Waals surface area contributed by atoms with Gasteiger partial charge in [0.15, 0.2) is 17.3 Å². The number of nitrogens with zero attached hydrogens (tertiary/aromatic N) is 4. The molecule has 0 saturated heterocycles. The maximum Gasteiger partial charge on any atom is 0.410 e. The quantitative estimate of drug-likeness (QED) is 0.269. The van der Waals surface area contributed by atoms with Crippen LogP contribution < -0.4 is 5.73 Å². The van der Waals surface area contributed by atoms with Crippen molar-refractivity contribution in [2.24, 2.45) is 0 Å². The zero-order valence-corrected chi connectivity index (χ0v) is 24.3. The molecule has 0 aliphatic heterocycles. The van der Waals surface area contributed by atoms with E-state index in [-0.39, 0.29) is 17.2 Å². The van der Waals surface area contributed by atoms with Gasteiger partial charge >= 0.3 is 6.09 Å². The monoisotopic (exact) mass is 562 g/mol. The highest BCUT2D eigenvalue weighted by molar-refractivity contribution is 7.93. The minimum atomic E-state index is -2.88. The van der Waals surface area contributed by atoms with E-state index in [9.17, 15) is 9.00 Å². The first kappa shape index (κ1) is 28.8. The van der Waals surface area contributed by atoms with Crippen molar-refractivity contribution >= 4 is 21.6 Å². The summed E-state index contributed by atoms with van der Waals surface area (Å²) >= 11 is 0. The van der Waals surface area contributed by atoms with Crippen molar-refractivity contribution in [2.75, 3.05) is 12.8 Å². The largest absolute Gasteiger partial charge is 0.444 e. The zero-order chi connectivity index (χ0) is 29.2. The maximum atomic E-state index is 12.7. The molecule has 0 saturated carbocycles. The van der Waals surface area contributed by atoms with Gasteiger partial charge in [0.05, 0.1) is 21.6 Å². The summed E-state index contributed by atoms with van der Waals surface area (Å²) in [6, 6.07) is 16.3. The van der Waals surface area contributed by atoms with E-state index >= 15 is 0 Å². The normalized spacial score (nSPS) is 13.2. The van der Waals surface area contributed by atoms with Gasteiger partial charge in [0, 0.05) is 40.9 Å². The fraction of sp³-hybridized carbons (Fsp3) is 0.310. The zero-order valence-electron chi connectivity index (χ0n) is 23.5. The lowest BCUT2D eigenvalue weighted by molar-refractivity contribution is 0.0285. The highest BCUT2D eigenvalue weighted by Crippen LogP contribution is 2.30. The number of anilines is 1.